The lowest BCUT2D eigenvalue weighted by molar-refractivity contribution is -0.384. The first-order valence-corrected chi connectivity index (χ1v) is 6.59. The second-order valence-corrected chi connectivity index (χ2v) is 5.01. The Hall–Kier alpha value is -2.69. The summed E-state index contributed by atoms with van der Waals surface area (Å²) < 4.78 is 0. The van der Waals surface area contributed by atoms with Crippen molar-refractivity contribution < 1.29 is 10.0 Å². The molecule has 2 aromatic rings. The van der Waals surface area contributed by atoms with Crippen LogP contribution in [0.4, 0.5) is 11.4 Å². The molecule has 5 heteroatoms. The number of hydrogen-bond donors (Lipinski definition) is 1. The van der Waals surface area contributed by atoms with E-state index in [1.165, 1.54) is 24.4 Å². The van der Waals surface area contributed by atoms with Gasteiger partial charge in [-0.25, -0.2) is 0 Å². The fourth-order valence-corrected chi connectivity index (χ4v) is 1.87. The van der Waals surface area contributed by atoms with Gasteiger partial charge in [0.05, 0.1) is 10.6 Å². The number of aliphatic imine (C=N–C) groups is 1. The predicted molar refractivity (Wildman–Crippen MR) is 82.5 cm³/mol. The fraction of sp³-hybridized carbons (Fsp3) is 0.188. The van der Waals surface area contributed by atoms with Gasteiger partial charge in [0.2, 0.25) is 0 Å². The van der Waals surface area contributed by atoms with Gasteiger partial charge >= 0.3 is 0 Å². The zero-order valence-corrected chi connectivity index (χ0v) is 11.9. The minimum atomic E-state index is -0.504. The maximum absolute atomic E-state index is 10.7. The van der Waals surface area contributed by atoms with E-state index in [4.69, 9.17) is 0 Å². The highest BCUT2D eigenvalue weighted by Crippen LogP contribution is 2.24. The topological polar surface area (TPSA) is 75.7 Å². The summed E-state index contributed by atoms with van der Waals surface area (Å²) in [5, 5.41) is 20.5. The van der Waals surface area contributed by atoms with Gasteiger partial charge in [-0.1, -0.05) is 26.0 Å². The SMILES string of the molecule is CC(C)c1cccc(N=Cc2cc([N+](=O)[O-])ccc2O)c1. The first kappa shape index (κ1) is 14.7. The minimum absolute atomic E-state index is 0.0376. The summed E-state index contributed by atoms with van der Waals surface area (Å²) in [6.07, 6.45) is 1.43. The molecule has 0 aliphatic heterocycles. The van der Waals surface area contributed by atoms with E-state index >= 15 is 0 Å². The number of aromatic hydroxyl groups is 1. The molecule has 0 unspecified atom stereocenters. The second kappa shape index (κ2) is 6.17. The minimum Gasteiger partial charge on any atom is -0.507 e. The summed E-state index contributed by atoms with van der Waals surface area (Å²) >= 11 is 0. The third-order valence-electron chi connectivity index (χ3n) is 3.11. The van der Waals surface area contributed by atoms with E-state index < -0.39 is 4.92 Å². The molecule has 2 aromatic carbocycles. The lowest BCUT2D eigenvalue weighted by Gasteiger charge is -2.05. The van der Waals surface area contributed by atoms with Crippen LogP contribution < -0.4 is 0 Å². The Morgan fingerprint density at radius 3 is 2.67 bits per heavy atom. The Morgan fingerprint density at radius 2 is 2.00 bits per heavy atom. The van der Waals surface area contributed by atoms with E-state index in [-0.39, 0.29) is 11.4 Å². The van der Waals surface area contributed by atoms with Crippen molar-refractivity contribution in [3.8, 4) is 5.75 Å². The largest absolute Gasteiger partial charge is 0.507 e. The zero-order chi connectivity index (χ0) is 15.4. The van der Waals surface area contributed by atoms with Crippen LogP contribution in [0.2, 0.25) is 0 Å². The van der Waals surface area contributed by atoms with Crippen molar-refractivity contribution in [2.24, 2.45) is 4.99 Å². The van der Waals surface area contributed by atoms with Gasteiger partial charge in [0.25, 0.3) is 5.69 Å². The highest BCUT2D eigenvalue weighted by atomic mass is 16.6. The molecule has 0 aromatic heterocycles. The Kier molecular flexibility index (Phi) is 4.33. The van der Waals surface area contributed by atoms with Crippen molar-refractivity contribution in [1.29, 1.82) is 0 Å². The smallest absolute Gasteiger partial charge is 0.270 e. The molecular formula is C16H16N2O3. The fourth-order valence-electron chi connectivity index (χ4n) is 1.87. The van der Waals surface area contributed by atoms with Crippen LogP contribution in [0, 0.1) is 10.1 Å². The molecule has 0 spiro atoms. The average molecular weight is 284 g/mol. The summed E-state index contributed by atoms with van der Waals surface area (Å²) in [6, 6.07) is 11.6. The zero-order valence-electron chi connectivity index (χ0n) is 11.9. The Bertz CT molecular complexity index is 694. The van der Waals surface area contributed by atoms with Crippen LogP contribution >= 0.6 is 0 Å². The van der Waals surface area contributed by atoms with Gasteiger partial charge in [-0.2, -0.15) is 0 Å². The monoisotopic (exact) mass is 284 g/mol. The molecule has 0 bridgehead atoms. The summed E-state index contributed by atoms with van der Waals surface area (Å²) in [4.78, 5) is 14.5. The van der Waals surface area contributed by atoms with Gasteiger partial charge in [0, 0.05) is 23.9 Å². The van der Waals surface area contributed by atoms with Crippen LogP contribution in [-0.4, -0.2) is 16.2 Å². The Morgan fingerprint density at radius 1 is 1.24 bits per heavy atom. The molecule has 0 atom stereocenters. The van der Waals surface area contributed by atoms with Gasteiger partial charge < -0.3 is 5.11 Å². The van der Waals surface area contributed by atoms with Crippen molar-refractivity contribution in [2.75, 3.05) is 0 Å². The molecule has 0 aliphatic rings. The quantitative estimate of drug-likeness (QED) is 0.520. The number of phenols is 1. The van der Waals surface area contributed by atoms with E-state index in [2.05, 4.69) is 18.8 Å². The lowest BCUT2D eigenvalue weighted by atomic mass is 10.0. The van der Waals surface area contributed by atoms with Crippen LogP contribution in [0.25, 0.3) is 0 Å². The number of benzene rings is 2. The van der Waals surface area contributed by atoms with Crippen molar-refractivity contribution in [3.05, 3.63) is 63.7 Å². The van der Waals surface area contributed by atoms with E-state index in [1.807, 2.05) is 24.3 Å². The molecule has 0 saturated carbocycles. The van der Waals surface area contributed by atoms with Gasteiger partial charge in [0.1, 0.15) is 5.75 Å². The number of nitro benzene ring substituents is 1. The molecule has 0 amide bonds. The Balaban J connectivity index is 2.31. The molecule has 5 nitrogen and oxygen atoms in total. The third-order valence-corrected chi connectivity index (χ3v) is 3.11. The van der Waals surface area contributed by atoms with Crippen LogP contribution in [0.1, 0.15) is 30.9 Å². The van der Waals surface area contributed by atoms with Crippen molar-refractivity contribution >= 4 is 17.6 Å². The van der Waals surface area contributed by atoms with Crippen molar-refractivity contribution in [2.45, 2.75) is 19.8 Å². The summed E-state index contributed by atoms with van der Waals surface area (Å²) in [7, 11) is 0. The highest BCUT2D eigenvalue weighted by molar-refractivity contribution is 5.86. The van der Waals surface area contributed by atoms with Crippen LogP contribution in [0.3, 0.4) is 0 Å². The molecule has 0 fully saturated rings. The number of hydrogen-bond acceptors (Lipinski definition) is 4. The van der Waals surface area contributed by atoms with Gasteiger partial charge in [-0.05, 0) is 29.7 Å². The van der Waals surface area contributed by atoms with Crippen LogP contribution in [-0.2, 0) is 0 Å². The maximum atomic E-state index is 10.7. The molecule has 2 rings (SSSR count). The molecular weight excluding hydrogens is 268 g/mol. The standard InChI is InChI=1S/C16H16N2O3/c1-11(2)12-4-3-5-14(8-12)17-10-13-9-15(18(20)21)6-7-16(13)19/h3-11,19H,1-2H3. The number of nitrogens with zero attached hydrogens (tertiary/aromatic N) is 2. The number of rotatable bonds is 4. The first-order chi connectivity index (χ1) is 9.97. The van der Waals surface area contributed by atoms with Gasteiger partial charge in [0.15, 0.2) is 0 Å². The summed E-state index contributed by atoms with van der Waals surface area (Å²) in [5.74, 6) is 0.357. The van der Waals surface area contributed by atoms with Gasteiger partial charge in [-0.15, -0.1) is 0 Å². The van der Waals surface area contributed by atoms with Crippen LogP contribution in [0.5, 0.6) is 5.75 Å². The molecule has 0 radical (unpaired) electrons. The molecule has 108 valence electrons. The van der Waals surface area contributed by atoms with Crippen LogP contribution in [0.15, 0.2) is 47.5 Å². The number of non-ortho nitro benzene ring substituents is 1. The van der Waals surface area contributed by atoms with E-state index in [1.54, 1.807) is 0 Å². The molecule has 21 heavy (non-hydrogen) atoms. The number of phenolic OH excluding ortho intramolecular Hbond substituents is 1. The Labute approximate surface area is 122 Å². The summed E-state index contributed by atoms with van der Waals surface area (Å²) in [6.45, 7) is 4.18. The average Bonchev–Trinajstić information content (AvgIpc) is 2.46. The second-order valence-electron chi connectivity index (χ2n) is 5.01. The van der Waals surface area contributed by atoms with E-state index in [9.17, 15) is 15.2 Å². The first-order valence-electron chi connectivity index (χ1n) is 6.59. The normalized spacial score (nSPS) is 11.2. The predicted octanol–water partition coefficient (Wildman–Crippen LogP) is 4.17. The molecule has 0 heterocycles. The van der Waals surface area contributed by atoms with E-state index in [0.29, 0.717) is 11.5 Å². The third kappa shape index (κ3) is 3.66. The number of nitro groups is 1. The van der Waals surface area contributed by atoms with Crippen molar-refractivity contribution in [3.63, 3.8) is 0 Å². The van der Waals surface area contributed by atoms with Crippen molar-refractivity contribution in [1.82, 2.24) is 0 Å². The maximum Gasteiger partial charge on any atom is 0.270 e. The highest BCUT2D eigenvalue weighted by Gasteiger charge is 2.08. The van der Waals surface area contributed by atoms with E-state index in [0.717, 1.165) is 11.3 Å². The lowest BCUT2D eigenvalue weighted by Crippen LogP contribution is -1.90. The van der Waals surface area contributed by atoms with Gasteiger partial charge in [-0.3, -0.25) is 15.1 Å². The summed E-state index contributed by atoms with van der Waals surface area (Å²) in [5.41, 5.74) is 2.14. The molecule has 1 N–H and O–H groups in total. The molecule has 0 aliphatic carbocycles. The molecule has 0 saturated heterocycles.